The number of hydrogen-bond donors (Lipinski definition) is 2. The van der Waals surface area contributed by atoms with Gasteiger partial charge in [0.1, 0.15) is 0 Å². The first kappa shape index (κ1) is 17.3. The van der Waals surface area contributed by atoms with Gasteiger partial charge in [0.2, 0.25) is 0 Å². The molecule has 2 unspecified atom stereocenters. The molecular formula is C22H24ClN3. The summed E-state index contributed by atoms with van der Waals surface area (Å²) in [7, 11) is 0. The fourth-order valence-electron chi connectivity index (χ4n) is 3.83. The quantitative estimate of drug-likeness (QED) is 0.617. The molecular weight excluding hydrogens is 342 g/mol. The SMILES string of the molecule is CC(CCNC1CCc2ccccc21)Nc1ccnc2cc(Cl)ccc12. The third-order valence-electron chi connectivity index (χ3n) is 5.21. The Morgan fingerprint density at radius 2 is 2.08 bits per heavy atom. The van der Waals surface area contributed by atoms with Gasteiger partial charge in [0.05, 0.1) is 5.52 Å². The zero-order valence-corrected chi connectivity index (χ0v) is 15.8. The van der Waals surface area contributed by atoms with Crippen molar-refractivity contribution in [3.63, 3.8) is 0 Å². The summed E-state index contributed by atoms with van der Waals surface area (Å²) < 4.78 is 0. The van der Waals surface area contributed by atoms with E-state index in [1.165, 1.54) is 24.0 Å². The number of aromatic nitrogens is 1. The van der Waals surface area contributed by atoms with Gasteiger partial charge in [0, 0.05) is 34.4 Å². The van der Waals surface area contributed by atoms with Gasteiger partial charge >= 0.3 is 0 Å². The van der Waals surface area contributed by atoms with Gasteiger partial charge in [-0.1, -0.05) is 35.9 Å². The summed E-state index contributed by atoms with van der Waals surface area (Å²) in [6, 6.07) is 17.6. The highest BCUT2D eigenvalue weighted by atomic mass is 35.5. The maximum absolute atomic E-state index is 6.07. The van der Waals surface area contributed by atoms with Gasteiger partial charge < -0.3 is 10.6 Å². The molecule has 0 saturated heterocycles. The van der Waals surface area contributed by atoms with Crippen LogP contribution in [0.15, 0.2) is 54.7 Å². The molecule has 2 atom stereocenters. The zero-order valence-electron chi connectivity index (χ0n) is 15.0. The minimum atomic E-state index is 0.375. The molecule has 1 aliphatic carbocycles. The van der Waals surface area contributed by atoms with Crippen molar-refractivity contribution < 1.29 is 0 Å². The number of nitrogens with one attached hydrogen (secondary N) is 2. The van der Waals surface area contributed by atoms with Crippen LogP contribution < -0.4 is 10.6 Å². The van der Waals surface area contributed by atoms with E-state index in [0.29, 0.717) is 12.1 Å². The molecule has 134 valence electrons. The number of rotatable bonds is 6. The van der Waals surface area contributed by atoms with Gasteiger partial charge in [-0.3, -0.25) is 4.98 Å². The molecule has 1 aliphatic rings. The van der Waals surface area contributed by atoms with Crippen LogP contribution in [0.2, 0.25) is 5.02 Å². The first-order valence-corrected chi connectivity index (χ1v) is 9.70. The molecule has 0 fully saturated rings. The second kappa shape index (κ2) is 7.65. The highest BCUT2D eigenvalue weighted by Crippen LogP contribution is 2.30. The molecule has 4 heteroatoms. The summed E-state index contributed by atoms with van der Waals surface area (Å²) in [6.45, 7) is 3.23. The summed E-state index contributed by atoms with van der Waals surface area (Å²) in [5.74, 6) is 0. The second-order valence-electron chi connectivity index (χ2n) is 7.10. The Bertz CT molecular complexity index is 909. The fraction of sp³-hybridized carbons (Fsp3) is 0.318. The number of nitrogens with zero attached hydrogens (tertiary/aromatic N) is 1. The zero-order chi connectivity index (χ0) is 17.9. The fourth-order valence-corrected chi connectivity index (χ4v) is 3.99. The van der Waals surface area contributed by atoms with Crippen LogP contribution in [0.25, 0.3) is 10.9 Å². The minimum absolute atomic E-state index is 0.375. The van der Waals surface area contributed by atoms with E-state index in [4.69, 9.17) is 11.6 Å². The van der Waals surface area contributed by atoms with Crippen LogP contribution in [0.1, 0.15) is 36.9 Å². The first-order valence-electron chi connectivity index (χ1n) is 9.33. The molecule has 1 aromatic heterocycles. The minimum Gasteiger partial charge on any atom is -0.382 e. The molecule has 0 spiro atoms. The van der Waals surface area contributed by atoms with Crippen molar-refractivity contribution in [1.29, 1.82) is 0 Å². The molecule has 0 amide bonds. The summed E-state index contributed by atoms with van der Waals surface area (Å²) in [5, 5.41) is 9.19. The predicted octanol–water partition coefficient (Wildman–Crippen LogP) is 5.36. The van der Waals surface area contributed by atoms with Crippen LogP contribution in [0.4, 0.5) is 5.69 Å². The van der Waals surface area contributed by atoms with Crippen LogP contribution in [-0.4, -0.2) is 17.6 Å². The third kappa shape index (κ3) is 3.69. The lowest BCUT2D eigenvalue weighted by molar-refractivity contribution is 0.507. The van der Waals surface area contributed by atoms with E-state index in [1.807, 2.05) is 30.5 Å². The Balaban J connectivity index is 1.34. The van der Waals surface area contributed by atoms with Crippen molar-refractivity contribution in [2.45, 2.75) is 38.3 Å². The van der Waals surface area contributed by atoms with E-state index < -0.39 is 0 Å². The van der Waals surface area contributed by atoms with Crippen molar-refractivity contribution in [1.82, 2.24) is 10.3 Å². The number of anilines is 1. The lowest BCUT2D eigenvalue weighted by atomic mass is 10.1. The lowest BCUT2D eigenvalue weighted by Crippen LogP contribution is -2.26. The van der Waals surface area contributed by atoms with Crippen molar-refractivity contribution in [2.75, 3.05) is 11.9 Å². The maximum atomic E-state index is 6.07. The van der Waals surface area contributed by atoms with E-state index in [2.05, 4.69) is 46.8 Å². The highest BCUT2D eigenvalue weighted by molar-refractivity contribution is 6.31. The second-order valence-corrected chi connectivity index (χ2v) is 7.53. The third-order valence-corrected chi connectivity index (χ3v) is 5.44. The van der Waals surface area contributed by atoms with E-state index in [-0.39, 0.29) is 0 Å². The van der Waals surface area contributed by atoms with Crippen LogP contribution in [0.5, 0.6) is 0 Å². The molecule has 2 N–H and O–H groups in total. The van der Waals surface area contributed by atoms with E-state index in [0.717, 1.165) is 34.6 Å². The summed E-state index contributed by atoms with van der Waals surface area (Å²) in [5.41, 5.74) is 5.02. The molecule has 0 saturated carbocycles. The smallest absolute Gasteiger partial charge is 0.0737 e. The Hall–Kier alpha value is -2.10. The molecule has 2 aromatic carbocycles. The highest BCUT2D eigenvalue weighted by Gasteiger charge is 2.21. The molecule has 4 rings (SSSR count). The van der Waals surface area contributed by atoms with Crippen molar-refractivity contribution in [3.05, 3.63) is 70.9 Å². The lowest BCUT2D eigenvalue weighted by Gasteiger charge is -2.19. The standard InChI is InChI=1S/C22H24ClN3/c1-15(10-12-24-20-9-6-16-4-2-3-5-18(16)20)26-21-11-13-25-22-14-17(23)7-8-19(21)22/h2-5,7-8,11,13-15,20,24H,6,9-10,12H2,1H3,(H,25,26). The van der Waals surface area contributed by atoms with Gasteiger partial charge in [0.15, 0.2) is 0 Å². The Kier molecular flexibility index (Phi) is 5.09. The van der Waals surface area contributed by atoms with Crippen molar-refractivity contribution in [3.8, 4) is 0 Å². The van der Waals surface area contributed by atoms with E-state index in [1.54, 1.807) is 0 Å². The van der Waals surface area contributed by atoms with Crippen LogP contribution in [0.3, 0.4) is 0 Å². The predicted molar refractivity (Wildman–Crippen MR) is 110 cm³/mol. The Morgan fingerprint density at radius 3 is 3.00 bits per heavy atom. The average Bonchev–Trinajstić information content (AvgIpc) is 3.05. The van der Waals surface area contributed by atoms with E-state index in [9.17, 15) is 0 Å². The number of hydrogen-bond acceptors (Lipinski definition) is 3. The van der Waals surface area contributed by atoms with Gasteiger partial charge in [-0.15, -0.1) is 0 Å². The van der Waals surface area contributed by atoms with Gasteiger partial charge in [-0.05, 0) is 68.1 Å². The number of pyridine rings is 1. The van der Waals surface area contributed by atoms with E-state index >= 15 is 0 Å². The van der Waals surface area contributed by atoms with Crippen LogP contribution in [0, 0.1) is 0 Å². The molecule has 26 heavy (non-hydrogen) atoms. The van der Waals surface area contributed by atoms with Gasteiger partial charge in [0.25, 0.3) is 0 Å². The molecule has 0 aliphatic heterocycles. The normalized spacial score (nSPS) is 17.2. The van der Waals surface area contributed by atoms with Crippen molar-refractivity contribution >= 4 is 28.2 Å². The molecule has 3 nitrogen and oxygen atoms in total. The number of fused-ring (bicyclic) bond motifs is 2. The van der Waals surface area contributed by atoms with Crippen molar-refractivity contribution in [2.24, 2.45) is 0 Å². The molecule has 0 radical (unpaired) electrons. The summed E-state index contributed by atoms with van der Waals surface area (Å²) >= 11 is 6.07. The van der Waals surface area contributed by atoms with Crippen LogP contribution in [-0.2, 0) is 6.42 Å². The molecule has 1 heterocycles. The summed E-state index contributed by atoms with van der Waals surface area (Å²) in [4.78, 5) is 4.41. The number of halogens is 1. The topological polar surface area (TPSA) is 37.0 Å². The first-order chi connectivity index (χ1) is 12.7. The maximum Gasteiger partial charge on any atom is 0.0737 e. The molecule has 0 bridgehead atoms. The summed E-state index contributed by atoms with van der Waals surface area (Å²) in [6.07, 6.45) is 5.29. The molecule has 3 aromatic rings. The average molecular weight is 366 g/mol. The van der Waals surface area contributed by atoms with Gasteiger partial charge in [-0.25, -0.2) is 0 Å². The monoisotopic (exact) mass is 365 g/mol. The Labute approximate surface area is 159 Å². The largest absolute Gasteiger partial charge is 0.382 e. The van der Waals surface area contributed by atoms with Gasteiger partial charge in [-0.2, -0.15) is 0 Å². The Morgan fingerprint density at radius 1 is 1.19 bits per heavy atom. The van der Waals surface area contributed by atoms with Crippen LogP contribution >= 0.6 is 11.6 Å². The number of aryl methyl sites for hydroxylation is 1. The number of benzene rings is 2.